The summed E-state index contributed by atoms with van der Waals surface area (Å²) in [6.07, 6.45) is 1.86. The van der Waals surface area contributed by atoms with E-state index in [1.807, 2.05) is 50.4 Å². The molecule has 0 saturated carbocycles. The molecule has 0 saturated heterocycles. The Balaban J connectivity index is 0.000000531. The molecular weight excluding hydrogens is 254 g/mol. The quantitative estimate of drug-likeness (QED) is 0.807. The van der Waals surface area contributed by atoms with Crippen LogP contribution < -0.4 is 5.73 Å². The van der Waals surface area contributed by atoms with Crippen molar-refractivity contribution >= 4 is 21.6 Å². The van der Waals surface area contributed by atoms with Crippen LogP contribution in [0.4, 0.5) is 5.69 Å². The fourth-order valence-electron chi connectivity index (χ4n) is 1.13. The highest BCUT2D eigenvalue weighted by atomic mass is 79.9. The third-order valence-corrected chi connectivity index (χ3v) is 2.16. The van der Waals surface area contributed by atoms with Crippen molar-refractivity contribution in [2.45, 2.75) is 13.8 Å². The summed E-state index contributed by atoms with van der Waals surface area (Å²) in [5, 5.41) is 4.20. The second-order valence-electron chi connectivity index (χ2n) is 2.64. The van der Waals surface area contributed by atoms with Gasteiger partial charge in [-0.1, -0.05) is 26.0 Å². The molecule has 0 atom stereocenters. The summed E-state index contributed by atoms with van der Waals surface area (Å²) in [6, 6.07) is 9.48. The van der Waals surface area contributed by atoms with E-state index in [-0.39, 0.29) is 0 Å². The standard InChI is InChI=1S/C9H8BrN3.C2H6/c10-9-5-6-13(12-9)8-4-2-1-3-7(8)11;1-2/h1-6H,11H2;1-2H3. The van der Waals surface area contributed by atoms with Gasteiger partial charge in [0.1, 0.15) is 4.60 Å². The molecule has 0 spiro atoms. The van der Waals surface area contributed by atoms with E-state index in [1.54, 1.807) is 4.68 Å². The first-order chi connectivity index (χ1) is 7.27. The molecule has 2 rings (SSSR count). The first-order valence-electron chi connectivity index (χ1n) is 4.83. The van der Waals surface area contributed by atoms with Crippen molar-refractivity contribution in [2.24, 2.45) is 0 Å². The molecular formula is C11H14BrN3. The molecule has 1 aromatic carbocycles. The Morgan fingerprint density at radius 3 is 2.40 bits per heavy atom. The Morgan fingerprint density at radius 2 is 1.87 bits per heavy atom. The topological polar surface area (TPSA) is 43.8 Å². The predicted molar refractivity (Wildman–Crippen MR) is 67.0 cm³/mol. The Hall–Kier alpha value is -1.29. The van der Waals surface area contributed by atoms with Crippen LogP contribution in [-0.2, 0) is 0 Å². The lowest BCUT2D eigenvalue weighted by Gasteiger charge is -2.03. The van der Waals surface area contributed by atoms with Gasteiger partial charge in [0, 0.05) is 6.20 Å². The van der Waals surface area contributed by atoms with Gasteiger partial charge in [-0.15, -0.1) is 0 Å². The third kappa shape index (κ3) is 2.83. The molecule has 0 amide bonds. The number of nitrogens with two attached hydrogens (primary N) is 1. The predicted octanol–water partition coefficient (Wildman–Crippen LogP) is 3.24. The number of aromatic nitrogens is 2. The van der Waals surface area contributed by atoms with Crippen molar-refractivity contribution in [3.05, 3.63) is 41.1 Å². The van der Waals surface area contributed by atoms with Crippen molar-refractivity contribution in [2.75, 3.05) is 5.73 Å². The Kier molecular flexibility index (Phi) is 4.37. The van der Waals surface area contributed by atoms with Gasteiger partial charge in [-0.05, 0) is 34.1 Å². The minimum Gasteiger partial charge on any atom is -0.397 e. The average Bonchev–Trinajstić information content (AvgIpc) is 2.68. The fourth-order valence-corrected chi connectivity index (χ4v) is 1.42. The monoisotopic (exact) mass is 267 g/mol. The highest BCUT2D eigenvalue weighted by molar-refractivity contribution is 9.10. The largest absolute Gasteiger partial charge is 0.397 e. The van der Waals surface area contributed by atoms with Gasteiger partial charge in [0.15, 0.2) is 0 Å². The molecule has 2 aromatic rings. The minimum absolute atomic E-state index is 0.720. The van der Waals surface area contributed by atoms with Crippen LogP contribution in [0.1, 0.15) is 13.8 Å². The lowest BCUT2D eigenvalue weighted by molar-refractivity contribution is 0.873. The maximum atomic E-state index is 5.79. The molecule has 0 aliphatic heterocycles. The van der Waals surface area contributed by atoms with Crippen LogP contribution in [0.2, 0.25) is 0 Å². The first kappa shape index (κ1) is 11.8. The van der Waals surface area contributed by atoms with Gasteiger partial charge in [0.05, 0.1) is 11.4 Å². The summed E-state index contributed by atoms with van der Waals surface area (Å²) in [5.74, 6) is 0. The lowest BCUT2D eigenvalue weighted by atomic mass is 10.3. The zero-order chi connectivity index (χ0) is 11.3. The van der Waals surface area contributed by atoms with Gasteiger partial charge in [-0.3, -0.25) is 0 Å². The third-order valence-electron chi connectivity index (χ3n) is 1.74. The molecule has 1 aromatic heterocycles. The van der Waals surface area contributed by atoms with Crippen molar-refractivity contribution in [1.29, 1.82) is 0 Å². The summed E-state index contributed by atoms with van der Waals surface area (Å²) < 4.78 is 2.54. The number of benzene rings is 1. The van der Waals surface area contributed by atoms with Gasteiger partial charge in [0.2, 0.25) is 0 Å². The second-order valence-corrected chi connectivity index (χ2v) is 3.45. The highest BCUT2D eigenvalue weighted by Crippen LogP contribution is 2.16. The fraction of sp³-hybridized carbons (Fsp3) is 0.182. The zero-order valence-corrected chi connectivity index (χ0v) is 10.4. The van der Waals surface area contributed by atoms with E-state index < -0.39 is 0 Å². The van der Waals surface area contributed by atoms with Gasteiger partial charge in [0.25, 0.3) is 0 Å². The molecule has 2 N–H and O–H groups in total. The molecule has 0 fully saturated rings. The van der Waals surface area contributed by atoms with Crippen LogP contribution in [0.25, 0.3) is 5.69 Å². The summed E-state index contributed by atoms with van der Waals surface area (Å²) in [6.45, 7) is 4.00. The van der Waals surface area contributed by atoms with Crippen LogP contribution in [0.3, 0.4) is 0 Å². The number of para-hydroxylation sites is 2. The number of halogens is 1. The lowest BCUT2D eigenvalue weighted by Crippen LogP contribution is -1.99. The van der Waals surface area contributed by atoms with Gasteiger partial charge < -0.3 is 5.73 Å². The van der Waals surface area contributed by atoms with Crippen LogP contribution in [0, 0.1) is 0 Å². The van der Waals surface area contributed by atoms with Crippen LogP contribution in [-0.4, -0.2) is 9.78 Å². The second kappa shape index (κ2) is 5.56. The van der Waals surface area contributed by atoms with E-state index >= 15 is 0 Å². The number of hydrogen-bond acceptors (Lipinski definition) is 2. The zero-order valence-electron chi connectivity index (χ0n) is 8.81. The van der Waals surface area contributed by atoms with Gasteiger partial charge in [-0.2, -0.15) is 5.10 Å². The number of nitrogen functional groups attached to an aromatic ring is 1. The number of nitrogens with zero attached hydrogens (tertiary/aromatic N) is 2. The average molecular weight is 268 g/mol. The molecule has 3 nitrogen and oxygen atoms in total. The Labute approximate surface area is 98.0 Å². The maximum Gasteiger partial charge on any atom is 0.128 e. The van der Waals surface area contributed by atoms with Crippen LogP contribution in [0.5, 0.6) is 0 Å². The minimum atomic E-state index is 0.720. The van der Waals surface area contributed by atoms with Crippen molar-refractivity contribution in [3.8, 4) is 5.69 Å². The van der Waals surface area contributed by atoms with Crippen molar-refractivity contribution in [3.63, 3.8) is 0 Å². The SMILES string of the molecule is CC.Nc1ccccc1-n1ccc(Br)n1. The Morgan fingerprint density at radius 1 is 1.20 bits per heavy atom. The van der Waals surface area contributed by atoms with E-state index in [9.17, 15) is 0 Å². The maximum absolute atomic E-state index is 5.79. The molecule has 80 valence electrons. The molecule has 1 heterocycles. The molecule has 0 aliphatic carbocycles. The molecule has 0 radical (unpaired) electrons. The molecule has 0 aliphatic rings. The summed E-state index contributed by atoms with van der Waals surface area (Å²) in [5.41, 5.74) is 7.40. The molecule has 0 unspecified atom stereocenters. The van der Waals surface area contributed by atoms with Crippen LogP contribution >= 0.6 is 15.9 Å². The molecule has 0 bridgehead atoms. The van der Waals surface area contributed by atoms with E-state index in [1.165, 1.54) is 0 Å². The smallest absolute Gasteiger partial charge is 0.128 e. The number of rotatable bonds is 1. The van der Waals surface area contributed by atoms with Crippen LogP contribution in [0.15, 0.2) is 41.1 Å². The molecule has 15 heavy (non-hydrogen) atoms. The van der Waals surface area contributed by atoms with Gasteiger partial charge >= 0.3 is 0 Å². The van der Waals surface area contributed by atoms with Gasteiger partial charge in [-0.25, -0.2) is 4.68 Å². The summed E-state index contributed by atoms with van der Waals surface area (Å²) in [7, 11) is 0. The highest BCUT2D eigenvalue weighted by Gasteiger charge is 2.01. The van der Waals surface area contributed by atoms with Crippen molar-refractivity contribution < 1.29 is 0 Å². The number of anilines is 1. The summed E-state index contributed by atoms with van der Waals surface area (Å²) in [4.78, 5) is 0. The van der Waals surface area contributed by atoms with E-state index in [2.05, 4.69) is 21.0 Å². The summed E-state index contributed by atoms with van der Waals surface area (Å²) >= 11 is 3.28. The van der Waals surface area contributed by atoms with E-state index in [0.717, 1.165) is 16.0 Å². The van der Waals surface area contributed by atoms with E-state index in [4.69, 9.17) is 5.73 Å². The normalized spacial score (nSPS) is 9.27. The Bertz CT molecular complexity index is 423. The van der Waals surface area contributed by atoms with E-state index in [0.29, 0.717) is 0 Å². The first-order valence-corrected chi connectivity index (χ1v) is 5.63. The molecule has 4 heteroatoms. The van der Waals surface area contributed by atoms with Crippen molar-refractivity contribution in [1.82, 2.24) is 9.78 Å². The number of hydrogen-bond donors (Lipinski definition) is 1.